The maximum atomic E-state index is 11.9. The molecule has 100 valence electrons. The van der Waals surface area contributed by atoms with Crippen molar-refractivity contribution in [2.75, 3.05) is 5.32 Å². The maximum Gasteiger partial charge on any atom is 0.319 e. The summed E-state index contributed by atoms with van der Waals surface area (Å²) in [5, 5.41) is 7.89. The van der Waals surface area contributed by atoms with Crippen LogP contribution in [0.15, 0.2) is 35.8 Å². The van der Waals surface area contributed by atoms with Gasteiger partial charge in [-0.3, -0.25) is 0 Å². The predicted octanol–water partition coefficient (Wildman–Crippen LogP) is 4.07. The van der Waals surface area contributed by atoms with Gasteiger partial charge in [-0.05, 0) is 30.0 Å². The first-order valence-electron chi connectivity index (χ1n) is 5.92. The molecule has 2 amide bonds. The van der Waals surface area contributed by atoms with E-state index in [2.05, 4.69) is 15.6 Å². The molecule has 2 aromatic heterocycles. The molecule has 0 aliphatic carbocycles. The number of anilines is 1. The van der Waals surface area contributed by atoms with Crippen molar-refractivity contribution in [3.63, 3.8) is 0 Å². The van der Waals surface area contributed by atoms with Crippen LogP contribution in [-0.2, 0) is 0 Å². The molecule has 0 aliphatic rings. The van der Waals surface area contributed by atoms with Gasteiger partial charge in [-0.25, -0.2) is 9.78 Å². The van der Waals surface area contributed by atoms with E-state index in [4.69, 9.17) is 11.6 Å². The Balaban J connectivity index is 1.99. The Morgan fingerprint density at radius 1 is 1.47 bits per heavy atom. The molecule has 0 spiro atoms. The third-order valence-corrected chi connectivity index (χ3v) is 3.89. The summed E-state index contributed by atoms with van der Waals surface area (Å²) in [7, 11) is 0. The molecule has 2 N–H and O–H groups in total. The SMILES string of the molecule is CC[C@@H](NC(=O)Nc1cccnc1Cl)c1cccs1. The smallest absolute Gasteiger partial charge is 0.319 e. The summed E-state index contributed by atoms with van der Waals surface area (Å²) in [6, 6.07) is 7.14. The van der Waals surface area contributed by atoms with E-state index < -0.39 is 0 Å². The zero-order chi connectivity index (χ0) is 13.7. The third-order valence-electron chi connectivity index (χ3n) is 2.61. The lowest BCUT2D eigenvalue weighted by Crippen LogP contribution is -2.32. The predicted molar refractivity (Wildman–Crippen MR) is 78.8 cm³/mol. The lowest BCUT2D eigenvalue weighted by atomic mass is 10.2. The molecule has 0 bridgehead atoms. The van der Waals surface area contributed by atoms with Gasteiger partial charge in [0.2, 0.25) is 0 Å². The van der Waals surface area contributed by atoms with E-state index in [1.807, 2.05) is 24.4 Å². The second kappa shape index (κ2) is 6.54. The monoisotopic (exact) mass is 295 g/mol. The van der Waals surface area contributed by atoms with Crippen LogP contribution < -0.4 is 10.6 Å². The number of hydrogen-bond donors (Lipinski definition) is 2. The molecule has 0 saturated heterocycles. The first kappa shape index (κ1) is 13.8. The van der Waals surface area contributed by atoms with E-state index in [1.165, 1.54) is 0 Å². The number of nitrogens with zero attached hydrogens (tertiary/aromatic N) is 1. The Bertz CT molecular complexity index is 545. The average Bonchev–Trinajstić information content (AvgIpc) is 2.92. The van der Waals surface area contributed by atoms with E-state index in [0.717, 1.165) is 11.3 Å². The minimum absolute atomic E-state index is 0.00967. The molecule has 4 nitrogen and oxygen atoms in total. The minimum atomic E-state index is -0.282. The maximum absolute atomic E-state index is 11.9. The quantitative estimate of drug-likeness (QED) is 0.835. The zero-order valence-electron chi connectivity index (χ0n) is 10.4. The molecule has 2 heterocycles. The van der Waals surface area contributed by atoms with Gasteiger partial charge >= 0.3 is 6.03 Å². The normalized spacial score (nSPS) is 11.9. The number of hydrogen-bond acceptors (Lipinski definition) is 3. The number of carbonyl (C=O) groups is 1. The van der Waals surface area contributed by atoms with Gasteiger partial charge in [-0.1, -0.05) is 24.6 Å². The van der Waals surface area contributed by atoms with Gasteiger partial charge in [0, 0.05) is 11.1 Å². The molecular weight excluding hydrogens is 282 g/mol. The van der Waals surface area contributed by atoms with E-state index in [-0.39, 0.29) is 17.2 Å². The summed E-state index contributed by atoms with van der Waals surface area (Å²) in [6.45, 7) is 2.03. The number of halogens is 1. The fourth-order valence-electron chi connectivity index (χ4n) is 1.66. The molecule has 0 aromatic carbocycles. The van der Waals surface area contributed by atoms with Gasteiger partial charge in [-0.2, -0.15) is 0 Å². The van der Waals surface area contributed by atoms with Crippen LogP contribution in [0.1, 0.15) is 24.3 Å². The molecular formula is C13H14ClN3OS. The summed E-state index contributed by atoms with van der Waals surface area (Å²) >= 11 is 7.51. The summed E-state index contributed by atoms with van der Waals surface area (Å²) in [6.07, 6.45) is 2.40. The summed E-state index contributed by atoms with van der Waals surface area (Å²) < 4.78 is 0. The van der Waals surface area contributed by atoms with Crippen LogP contribution in [0, 0.1) is 0 Å². The van der Waals surface area contributed by atoms with Crippen LogP contribution in [0.4, 0.5) is 10.5 Å². The number of aromatic nitrogens is 1. The van der Waals surface area contributed by atoms with Crippen molar-refractivity contribution >= 4 is 34.7 Å². The largest absolute Gasteiger partial charge is 0.330 e. The fraction of sp³-hybridized carbons (Fsp3) is 0.231. The van der Waals surface area contributed by atoms with Crippen molar-refractivity contribution in [3.8, 4) is 0 Å². The Morgan fingerprint density at radius 3 is 2.95 bits per heavy atom. The second-order valence-electron chi connectivity index (χ2n) is 3.92. The van der Waals surface area contributed by atoms with E-state index >= 15 is 0 Å². The van der Waals surface area contributed by atoms with Crippen LogP contribution in [-0.4, -0.2) is 11.0 Å². The molecule has 0 fully saturated rings. The standard InChI is InChI=1S/C13H14ClN3OS/c1-2-9(11-6-4-8-19-11)16-13(18)17-10-5-3-7-15-12(10)14/h3-9H,2H2,1H3,(H2,16,17,18)/t9-/m1/s1. The highest BCUT2D eigenvalue weighted by molar-refractivity contribution is 7.10. The molecule has 2 rings (SSSR count). The van der Waals surface area contributed by atoms with Crippen molar-refractivity contribution < 1.29 is 4.79 Å². The molecule has 1 atom stereocenters. The van der Waals surface area contributed by atoms with Gasteiger partial charge in [0.1, 0.15) is 0 Å². The van der Waals surface area contributed by atoms with Gasteiger partial charge in [0.15, 0.2) is 5.15 Å². The third kappa shape index (κ3) is 3.68. The van der Waals surface area contributed by atoms with E-state index in [0.29, 0.717) is 5.69 Å². The lowest BCUT2D eigenvalue weighted by Gasteiger charge is -2.16. The fourth-order valence-corrected chi connectivity index (χ4v) is 2.69. The van der Waals surface area contributed by atoms with Crippen molar-refractivity contribution in [2.45, 2.75) is 19.4 Å². The Hall–Kier alpha value is -1.59. The summed E-state index contributed by atoms with van der Waals surface area (Å²) in [5.74, 6) is 0. The number of thiophene rings is 1. The molecule has 19 heavy (non-hydrogen) atoms. The van der Waals surface area contributed by atoms with Gasteiger partial charge in [0.05, 0.1) is 11.7 Å². The molecule has 0 saturated carbocycles. The van der Waals surface area contributed by atoms with Gasteiger partial charge in [-0.15, -0.1) is 11.3 Å². The number of rotatable bonds is 4. The van der Waals surface area contributed by atoms with Crippen LogP contribution in [0.3, 0.4) is 0 Å². The molecule has 6 heteroatoms. The molecule has 0 aliphatic heterocycles. The Labute approximate surface area is 120 Å². The van der Waals surface area contributed by atoms with Crippen molar-refractivity contribution in [3.05, 3.63) is 45.9 Å². The van der Waals surface area contributed by atoms with Crippen LogP contribution in [0.2, 0.25) is 5.15 Å². The highest BCUT2D eigenvalue weighted by atomic mass is 35.5. The average molecular weight is 296 g/mol. The molecule has 2 aromatic rings. The van der Waals surface area contributed by atoms with Gasteiger partial charge < -0.3 is 10.6 Å². The van der Waals surface area contributed by atoms with E-state index in [1.54, 1.807) is 29.7 Å². The summed E-state index contributed by atoms with van der Waals surface area (Å²) in [5.41, 5.74) is 0.502. The van der Waals surface area contributed by atoms with Gasteiger partial charge in [0.25, 0.3) is 0 Å². The number of amides is 2. The van der Waals surface area contributed by atoms with Crippen molar-refractivity contribution in [1.29, 1.82) is 0 Å². The zero-order valence-corrected chi connectivity index (χ0v) is 12.0. The molecule has 0 unspecified atom stereocenters. The highest BCUT2D eigenvalue weighted by Gasteiger charge is 2.14. The molecule has 0 radical (unpaired) electrons. The van der Waals surface area contributed by atoms with E-state index in [9.17, 15) is 4.79 Å². The van der Waals surface area contributed by atoms with Crippen LogP contribution in [0.5, 0.6) is 0 Å². The van der Waals surface area contributed by atoms with Crippen molar-refractivity contribution in [1.82, 2.24) is 10.3 Å². The number of urea groups is 1. The Morgan fingerprint density at radius 2 is 2.32 bits per heavy atom. The number of carbonyl (C=O) groups excluding carboxylic acids is 1. The van der Waals surface area contributed by atoms with Crippen LogP contribution >= 0.6 is 22.9 Å². The number of pyridine rings is 1. The first-order valence-corrected chi connectivity index (χ1v) is 7.18. The number of nitrogens with one attached hydrogen (secondary N) is 2. The first-order chi connectivity index (χ1) is 9.20. The van der Waals surface area contributed by atoms with Crippen LogP contribution in [0.25, 0.3) is 0 Å². The summed E-state index contributed by atoms with van der Waals surface area (Å²) in [4.78, 5) is 17.0. The minimum Gasteiger partial charge on any atom is -0.330 e. The Kier molecular flexibility index (Phi) is 4.76. The second-order valence-corrected chi connectivity index (χ2v) is 5.25. The van der Waals surface area contributed by atoms with Crippen molar-refractivity contribution in [2.24, 2.45) is 0 Å². The highest BCUT2D eigenvalue weighted by Crippen LogP contribution is 2.22. The lowest BCUT2D eigenvalue weighted by molar-refractivity contribution is 0.248. The topological polar surface area (TPSA) is 54.0 Å².